The fraction of sp³-hybridized carbons (Fsp3) is 0.714. The number of halogens is 1. The highest BCUT2D eigenvalue weighted by Crippen LogP contribution is 1.97. The zero-order valence-electron chi connectivity index (χ0n) is 7.00. The zero-order chi connectivity index (χ0) is 8.04. The summed E-state index contributed by atoms with van der Waals surface area (Å²) in [5.74, 6) is 3.24. The van der Waals surface area contributed by atoms with Gasteiger partial charge in [-0.25, -0.2) is 0 Å². The Morgan fingerprint density at radius 2 is 2.00 bits per heavy atom. The van der Waals surface area contributed by atoms with Gasteiger partial charge in [-0.05, 0) is 6.42 Å². The summed E-state index contributed by atoms with van der Waals surface area (Å²) in [6, 6.07) is 0. The summed E-state index contributed by atoms with van der Waals surface area (Å²) in [7, 11) is -1.07. The molecule has 0 aliphatic rings. The molecular weight excluding hydrogens is 216 g/mol. The van der Waals surface area contributed by atoms with Gasteiger partial charge < -0.3 is 12.9 Å². The number of hydrogen-bond acceptors (Lipinski definition) is 0. The largest absolute Gasteiger partial charge is 0.469 e. The van der Waals surface area contributed by atoms with Crippen molar-refractivity contribution in [2.45, 2.75) is 30.6 Å². The van der Waals surface area contributed by atoms with Gasteiger partial charge in [-0.1, -0.05) is 19.6 Å². The van der Waals surface area contributed by atoms with E-state index in [4.69, 9.17) is 0 Å². The van der Waals surface area contributed by atoms with Crippen molar-refractivity contribution < 1.29 is 0 Å². The van der Waals surface area contributed by atoms with Crippen LogP contribution < -0.4 is 0 Å². The Morgan fingerprint density at radius 3 is 2.40 bits per heavy atom. The van der Waals surface area contributed by atoms with Crippen molar-refractivity contribution in [2.24, 2.45) is 0 Å². The molecule has 0 N–H and O–H groups in total. The smallest absolute Gasteiger partial charge is 0.307 e. The van der Waals surface area contributed by atoms with Gasteiger partial charge in [0.1, 0.15) is 8.07 Å². The molecule has 3 heteroatoms. The van der Waals surface area contributed by atoms with Crippen LogP contribution in [0.25, 0.3) is 0 Å². The minimum Gasteiger partial charge on any atom is -0.307 e. The van der Waals surface area contributed by atoms with Crippen molar-refractivity contribution in [3.05, 3.63) is 0 Å². The van der Waals surface area contributed by atoms with Gasteiger partial charge in [0, 0.05) is 0 Å². The average Bonchev–Trinajstić information content (AvgIpc) is 1.78. The van der Waals surface area contributed by atoms with Gasteiger partial charge in [0.2, 0.25) is 0 Å². The van der Waals surface area contributed by atoms with Gasteiger partial charge >= 0.3 is 18.2 Å². The average molecular weight is 229 g/mol. The second-order valence-electron chi connectivity index (χ2n) is 3.34. The van der Waals surface area contributed by atoms with Gasteiger partial charge in [0.15, 0.2) is 0 Å². The van der Waals surface area contributed by atoms with Crippen LogP contribution in [0.5, 0.6) is 0 Å². The first-order chi connectivity index (χ1) is 4.56. The minimum atomic E-state index is -1.07. The quantitative estimate of drug-likeness (QED) is 0.388. The molecule has 0 bridgehead atoms. The maximum Gasteiger partial charge on any atom is 0.469 e. The van der Waals surface area contributed by atoms with Crippen molar-refractivity contribution in [1.82, 2.24) is 0 Å². The van der Waals surface area contributed by atoms with E-state index in [0.717, 1.165) is 6.42 Å². The molecule has 0 rings (SSSR count). The fourth-order valence-electron chi connectivity index (χ4n) is 0.483. The first-order valence-corrected chi connectivity index (χ1v) is 12.0. The third-order valence-corrected chi connectivity index (χ3v) is 4.13. The molecule has 0 radical (unpaired) electrons. The second kappa shape index (κ2) is 5.65. The lowest BCUT2D eigenvalue weighted by atomic mass is 10.5. The summed E-state index contributed by atoms with van der Waals surface area (Å²) in [6.07, 6.45) is 1.11. The zero-order valence-corrected chi connectivity index (χ0v) is 11.0. The Morgan fingerprint density at radius 1 is 1.40 bits per heavy atom. The molecule has 0 amide bonds. The molecule has 0 spiro atoms. The molecule has 0 heterocycles. The molecule has 0 aromatic carbocycles. The fourth-order valence-corrected chi connectivity index (χ4v) is 2.29. The van der Waals surface area contributed by atoms with Crippen LogP contribution in [0.3, 0.4) is 0 Å². The van der Waals surface area contributed by atoms with Gasteiger partial charge in [0.05, 0.1) is 0 Å². The van der Waals surface area contributed by atoms with Gasteiger partial charge in [0.25, 0.3) is 0 Å². The lowest BCUT2D eigenvalue weighted by molar-refractivity contribution is 1.27. The second-order valence-corrected chi connectivity index (χ2v) is 11.6. The van der Waals surface area contributed by atoms with Gasteiger partial charge in [-0.3, -0.25) is 0 Å². The van der Waals surface area contributed by atoms with E-state index in [0.29, 0.717) is 0 Å². The molecule has 0 nitrogen and oxygen atoms in total. The molecule has 0 unspecified atom stereocenters. The topological polar surface area (TPSA) is 0 Å². The van der Waals surface area contributed by atoms with E-state index < -0.39 is 8.07 Å². The van der Waals surface area contributed by atoms with E-state index >= 15 is 0 Å². The summed E-state index contributed by atoms with van der Waals surface area (Å²) >= 11 is 3.59. The molecule has 0 fully saturated rings. The molecular formula is C7H13BrMgSi. The Kier molecular flexibility index (Phi) is 6.22. The van der Waals surface area contributed by atoms with Crippen LogP contribution in [0, 0.1) is 11.5 Å². The molecule has 0 aliphatic heterocycles. The highest BCUT2D eigenvalue weighted by Gasteiger charge is 2.06. The summed E-state index contributed by atoms with van der Waals surface area (Å²) < 4.78 is 1.32. The minimum absolute atomic E-state index is 0.0753. The van der Waals surface area contributed by atoms with E-state index in [1.54, 1.807) is 0 Å². The van der Waals surface area contributed by atoms with Gasteiger partial charge in [-0.15, -0.1) is 16.0 Å². The summed E-state index contributed by atoms with van der Waals surface area (Å²) in [4.78, 5) is 0. The summed E-state index contributed by atoms with van der Waals surface area (Å²) in [5.41, 5.74) is 3.35. The molecule has 0 atom stereocenters. The lowest BCUT2D eigenvalue weighted by Crippen LogP contribution is -2.16. The maximum absolute atomic E-state index is 3.51. The molecule has 0 aromatic heterocycles. The van der Waals surface area contributed by atoms with Crippen LogP contribution in [0.2, 0.25) is 24.2 Å². The van der Waals surface area contributed by atoms with Crippen molar-refractivity contribution >= 4 is 39.2 Å². The van der Waals surface area contributed by atoms with E-state index in [9.17, 15) is 0 Å². The third kappa shape index (κ3) is 9.02. The van der Waals surface area contributed by atoms with Crippen LogP contribution in [-0.2, 0) is 0 Å². The molecule has 10 heavy (non-hydrogen) atoms. The van der Waals surface area contributed by atoms with Crippen LogP contribution in [0.4, 0.5) is 0 Å². The van der Waals surface area contributed by atoms with E-state index in [1.165, 1.54) is 4.55 Å². The summed E-state index contributed by atoms with van der Waals surface area (Å²) in [6.45, 7) is 6.85. The molecule has 0 aromatic rings. The van der Waals surface area contributed by atoms with Crippen LogP contribution in [0.1, 0.15) is 6.42 Å². The lowest BCUT2D eigenvalue weighted by Gasteiger charge is -2.02. The number of rotatable bonds is 2. The van der Waals surface area contributed by atoms with Crippen LogP contribution in [-0.4, -0.2) is 26.3 Å². The predicted octanol–water partition coefficient (Wildman–Crippen LogP) is 2.69. The van der Waals surface area contributed by atoms with Gasteiger partial charge in [-0.2, -0.15) is 0 Å². The third-order valence-electron chi connectivity index (χ3n) is 0.899. The molecule has 0 saturated heterocycles. The Bertz CT molecular complexity index is 140. The SMILES string of the molecule is C[Si](C)(C)C#CC[CH2][Mg][Br]. The highest BCUT2D eigenvalue weighted by molar-refractivity contribution is 9.23. The van der Waals surface area contributed by atoms with Crippen molar-refractivity contribution in [2.75, 3.05) is 0 Å². The normalized spacial score (nSPS) is 9.60. The predicted molar refractivity (Wildman–Crippen MR) is 55.2 cm³/mol. The first-order valence-electron chi connectivity index (χ1n) is 3.62. The van der Waals surface area contributed by atoms with Crippen LogP contribution >= 0.6 is 12.9 Å². The standard InChI is InChI=1S/C7H13Si.BrH.Mg/c1-5-6-7-8(2,3)4;;/h1,5H2,2-4H3;1H;/q;;+1/p-1. The Hall–Kier alpha value is 1.02. The highest BCUT2D eigenvalue weighted by atomic mass is 79.9. The number of hydrogen-bond donors (Lipinski definition) is 0. The van der Waals surface area contributed by atoms with Crippen molar-refractivity contribution in [1.29, 1.82) is 0 Å². The van der Waals surface area contributed by atoms with E-state index in [1.807, 2.05) is 0 Å². The Labute approximate surface area is 80.8 Å². The van der Waals surface area contributed by atoms with E-state index in [-0.39, 0.29) is 18.2 Å². The van der Waals surface area contributed by atoms with Crippen LogP contribution in [0.15, 0.2) is 0 Å². The summed E-state index contributed by atoms with van der Waals surface area (Å²) in [5, 5.41) is 0. The monoisotopic (exact) mass is 228 g/mol. The first kappa shape index (κ1) is 11.0. The van der Waals surface area contributed by atoms with Crippen molar-refractivity contribution in [3.63, 3.8) is 0 Å². The van der Waals surface area contributed by atoms with Crippen molar-refractivity contribution in [3.8, 4) is 11.5 Å². The maximum atomic E-state index is 3.51. The molecule has 0 aliphatic carbocycles. The van der Waals surface area contributed by atoms with E-state index in [2.05, 4.69) is 44.0 Å². The molecule has 0 saturated carbocycles. The molecule has 54 valence electrons. The Balaban J connectivity index is 3.50.